The number of aromatic amines is 1. The predicted octanol–water partition coefficient (Wildman–Crippen LogP) is 2.84. The number of rotatable bonds is 1. The minimum Gasteiger partial charge on any atom is -0.320 e. The van der Waals surface area contributed by atoms with Crippen molar-refractivity contribution in [1.82, 2.24) is 4.98 Å². The number of pyridine rings is 1. The number of aromatic nitrogens is 1. The van der Waals surface area contributed by atoms with E-state index in [0.717, 1.165) is 0 Å². The molecule has 1 aromatic heterocycles. The quantitative estimate of drug-likeness (QED) is 0.850. The fraction of sp³-hybridized carbons (Fsp3) is 0.167. The molecule has 0 saturated heterocycles. The van der Waals surface area contributed by atoms with Crippen molar-refractivity contribution in [1.29, 1.82) is 0 Å². The van der Waals surface area contributed by atoms with Gasteiger partial charge in [-0.15, -0.1) is 0 Å². The summed E-state index contributed by atoms with van der Waals surface area (Å²) in [5.74, 6) is 0. The molecule has 6 heteroatoms. The molecular formula is C6H3Br2F2NO. The van der Waals surface area contributed by atoms with Gasteiger partial charge in [0, 0.05) is 10.5 Å². The first-order chi connectivity index (χ1) is 5.52. The fourth-order valence-corrected chi connectivity index (χ4v) is 1.49. The summed E-state index contributed by atoms with van der Waals surface area (Å²) >= 11 is 5.88. The summed E-state index contributed by atoms with van der Waals surface area (Å²) in [6.45, 7) is 0. The second kappa shape index (κ2) is 3.66. The van der Waals surface area contributed by atoms with Crippen LogP contribution in [0.4, 0.5) is 8.78 Å². The first kappa shape index (κ1) is 9.85. The van der Waals surface area contributed by atoms with Crippen molar-refractivity contribution < 1.29 is 8.78 Å². The molecule has 1 rings (SSSR count). The summed E-state index contributed by atoms with van der Waals surface area (Å²) in [6.07, 6.45) is -2.69. The third kappa shape index (κ3) is 1.92. The molecule has 0 radical (unpaired) electrons. The van der Waals surface area contributed by atoms with Gasteiger partial charge in [-0.2, -0.15) is 0 Å². The topological polar surface area (TPSA) is 32.9 Å². The van der Waals surface area contributed by atoms with Gasteiger partial charge in [-0.3, -0.25) is 4.79 Å². The molecule has 0 bridgehead atoms. The average Bonchev–Trinajstić information content (AvgIpc) is 1.96. The van der Waals surface area contributed by atoms with Crippen molar-refractivity contribution in [2.24, 2.45) is 0 Å². The molecule has 1 heterocycles. The zero-order chi connectivity index (χ0) is 9.30. The standard InChI is InChI=1S/C6H3Br2F2NO/c7-2-1-3(12)11-5(4(2)8)6(9)10/h1,6H,(H,11,12). The van der Waals surface area contributed by atoms with E-state index in [4.69, 9.17) is 0 Å². The van der Waals surface area contributed by atoms with Gasteiger partial charge in [0.15, 0.2) is 0 Å². The lowest BCUT2D eigenvalue weighted by Gasteiger charge is -2.03. The maximum Gasteiger partial charge on any atom is 0.279 e. The van der Waals surface area contributed by atoms with Gasteiger partial charge in [-0.05, 0) is 31.9 Å². The van der Waals surface area contributed by atoms with Crippen LogP contribution in [0.25, 0.3) is 0 Å². The van der Waals surface area contributed by atoms with Gasteiger partial charge in [-0.1, -0.05) is 0 Å². The molecule has 0 unspecified atom stereocenters. The van der Waals surface area contributed by atoms with E-state index >= 15 is 0 Å². The highest BCUT2D eigenvalue weighted by Crippen LogP contribution is 2.29. The summed E-state index contributed by atoms with van der Waals surface area (Å²) in [4.78, 5) is 12.8. The molecule has 0 fully saturated rings. The van der Waals surface area contributed by atoms with Crippen LogP contribution >= 0.6 is 31.9 Å². The van der Waals surface area contributed by atoms with Gasteiger partial charge in [0.1, 0.15) is 5.69 Å². The molecule has 0 saturated carbocycles. The van der Waals surface area contributed by atoms with E-state index in [2.05, 4.69) is 31.9 Å². The predicted molar refractivity (Wildman–Crippen MR) is 47.4 cm³/mol. The van der Waals surface area contributed by atoms with Gasteiger partial charge in [0.2, 0.25) is 5.56 Å². The van der Waals surface area contributed by atoms with E-state index in [1.165, 1.54) is 6.07 Å². The second-order valence-corrected chi connectivity index (χ2v) is 3.66. The van der Waals surface area contributed by atoms with Crippen LogP contribution in [0.2, 0.25) is 0 Å². The first-order valence-electron chi connectivity index (χ1n) is 2.88. The van der Waals surface area contributed by atoms with Gasteiger partial charge >= 0.3 is 0 Å². The highest BCUT2D eigenvalue weighted by atomic mass is 79.9. The van der Waals surface area contributed by atoms with E-state index in [9.17, 15) is 13.6 Å². The van der Waals surface area contributed by atoms with E-state index in [1.807, 2.05) is 4.98 Å². The lowest BCUT2D eigenvalue weighted by molar-refractivity contribution is 0.145. The minimum absolute atomic E-state index is 0.178. The number of alkyl halides is 2. The molecule has 2 nitrogen and oxygen atoms in total. The summed E-state index contributed by atoms with van der Waals surface area (Å²) in [7, 11) is 0. The maximum absolute atomic E-state index is 12.2. The summed E-state index contributed by atoms with van der Waals surface area (Å²) in [5.41, 5.74) is -0.963. The molecule has 12 heavy (non-hydrogen) atoms. The van der Waals surface area contributed by atoms with Gasteiger partial charge < -0.3 is 4.98 Å². The lowest BCUT2D eigenvalue weighted by atomic mass is 10.4. The van der Waals surface area contributed by atoms with Crippen LogP contribution in [0.3, 0.4) is 0 Å². The smallest absolute Gasteiger partial charge is 0.279 e. The second-order valence-electron chi connectivity index (χ2n) is 2.01. The minimum atomic E-state index is -2.69. The van der Waals surface area contributed by atoms with E-state index in [0.29, 0.717) is 4.47 Å². The Bertz CT molecular complexity index is 350. The number of H-pyrrole nitrogens is 1. The van der Waals surface area contributed by atoms with Crippen LogP contribution in [0.1, 0.15) is 12.1 Å². The summed E-state index contributed by atoms with van der Waals surface area (Å²) in [5, 5.41) is 0. The van der Waals surface area contributed by atoms with Crippen LogP contribution < -0.4 is 5.56 Å². The van der Waals surface area contributed by atoms with Crippen LogP contribution in [-0.4, -0.2) is 4.98 Å². The molecule has 1 N–H and O–H groups in total. The molecule has 0 aromatic carbocycles. The Balaban J connectivity index is 3.38. The highest BCUT2D eigenvalue weighted by Gasteiger charge is 2.14. The lowest BCUT2D eigenvalue weighted by Crippen LogP contribution is -2.08. The number of nitrogens with one attached hydrogen (secondary N) is 1. The van der Waals surface area contributed by atoms with Crippen molar-refractivity contribution >= 4 is 31.9 Å². The average molecular weight is 303 g/mol. The molecule has 0 aliphatic rings. The Kier molecular flexibility index (Phi) is 3.00. The normalized spacial score (nSPS) is 10.8. The van der Waals surface area contributed by atoms with Crippen LogP contribution in [-0.2, 0) is 0 Å². The van der Waals surface area contributed by atoms with E-state index in [1.54, 1.807) is 0 Å². The third-order valence-corrected chi connectivity index (χ3v) is 3.19. The number of hydrogen-bond donors (Lipinski definition) is 1. The monoisotopic (exact) mass is 301 g/mol. The molecular weight excluding hydrogens is 300 g/mol. The van der Waals surface area contributed by atoms with Crippen molar-refractivity contribution in [3.8, 4) is 0 Å². The van der Waals surface area contributed by atoms with E-state index < -0.39 is 17.7 Å². The van der Waals surface area contributed by atoms with Crippen LogP contribution in [0.5, 0.6) is 0 Å². The number of hydrogen-bond acceptors (Lipinski definition) is 1. The van der Waals surface area contributed by atoms with Crippen LogP contribution in [0, 0.1) is 0 Å². The molecule has 0 aliphatic heterocycles. The Morgan fingerprint density at radius 3 is 2.50 bits per heavy atom. The van der Waals surface area contributed by atoms with Gasteiger partial charge in [-0.25, -0.2) is 8.78 Å². The summed E-state index contributed by atoms with van der Waals surface area (Å²) in [6, 6.07) is 1.18. The Morgan fingerprint density at radius 2 is 2.00 bits per heavy atom. The van der Waals surface area contributed by atoms with Crippen molar-refractivity contribution in [3.05, 3.63) is 31.1 Å². The van der Waals surface area contributed by atoms with Crippen LogP contribution in [0.15, 0.2) is 19.8 Å². The molecule has 66 valence electrons. The largest absolute Gasteiger partial charge is 0.320 e. The van der Waals surface area contributed by atoms with Crippen molar-refractivity contribution in [2.75, 3.05) is 0 Å². The Hall–Kier alpha value is -0.230. The first-order valence-corrected chi connectivity index (χ1v) is 4.47. The molecule has 0 aliphatic carbocycles. The molecule has 0 spiro atoms. The zero-order valence-corrected chi connectivity index (χ0v) is 8.75. The van der Waals surface area contributed by atoms with Crippen molar-refractivity contribution in [3.63, 3.8) is 0 Å². The summed E-state index contributed by atoms with van der Waals surface area (Å²) < 4.78 is 24.8. The fourth-order valence-electron chi connectivity index (χ4n) is 0.681. The van der Waals surface area contributed by atoms with Gasteiger partial charge in [0.25, 0.3) is 6.43 Å². The third-order valence-electron chi connectivity index (χ3n) is 1.18. The molecule has 0 atom stereocenters. The maximum atomic E-state index is 12.2. The SMILES string of the molecule is O=c1cc(Br)c(Br)c(C(F)F)[nH]1. The Morgan fingerprint density at radius 1 is 1.42 bits per heavy atom. The molecule has 0 amide bonds. The van der Waals surface area contributed by atoms with Gasteiger partial charge in [0.05, 0.1) is 4.47 Å². The van der Waals surface area contributed by atoms with Crippen molar-refractivity contribution in [2.45, 2.75) is 6.43 Å². The highest BCUT2D eigenvalue weighted by molar-refractivity contribution is 9.13. The Labute approximate surface area is 83.2 Å². The molecule has 1 aromatic rings. The number of halogens is 4. The zero-order valence-electron chi connectivity index (χ0n) is 5.57. The van der Waals surface area contributed by atoms with E-state index in [-0.39, 0.29) is 4.47 Å².